The molecule has 5 heteroatoms. The summed E-state index contributed by atoms with van der Waals surface area (Å²) in [5.74, 6) is 3.38. The van der Waals surface area contributed by atoms with Gasteiger partial charge in [-0.25, -0.2) is 13.9 Å². The molecule has 1 heterocycles. The van der Waals surface area contributed by atoms with Gasteiger partial charge in [-0.2, -0.15) is 0 Å². The fourth-order valence-electron chi connectivity index (χ4n) is 6.95. The van der Waals surface area contributed by atoms with E-state index in [9.17, 15) is 9.59 Å². The van der Waals surface area contributed by atoms with Gasteiger partial charge in [0.05, 0.1) is 0 Å². The number of hydrogen-bond acceptors (Lipinski definition) is 3. The first-order chi connectivity index (χ1) is 17.1. The first kappa shape index (κ1) is 26.9. The van der Waals surface area contributed by atoms with Crippen molar-refractivity contribution >= 4 is 22.8 Å². The first-order valence-corrected chi connectivity index (χ1v) is 14.3. The molecular formula is C31H47N2O3+. The molecular weight excluding hydrogens is 448 g/mol. The summed E-state index contributed by atoms with van der Waals surface area (Å²) in [6, 6.07) is 8.07. The molecule has 0 aliphatic heterocycles. The second-order valence-corrected chi connectivity index (χ2v) is 12.6. The van der Waals surface area contributed by atoms with Crippen LogP contribution in [0.15, 0.2) is 30.6 Å². The summed E-state index contributed by atoms with van der Waals surface area (Å²) in [4.78, 5) is 26.7. The number of Topliss-reactive ketones (excluding diaryl/α,β-unsaturated/α-hetero) is 1. The minimum Gasteiger partial charge on any atom is -0.459 e. The van der Waals surface area contributed by atoms with E-state index in [1.54, 1.807) is 0 Å². The number of esters is 1. The molecule has 2 aromatic rings. The summed E-state index contributed by atoms with van der Waals surface area (Å²) in [5.41, 5.74) is 1.96. The van der Waals surface area contributed by atoms with Crippen LogP contribution in [0.1, 0.15) is 80.1 Å². The van der Waals surface area contributed by atoms with Crippen LogP contribution in [0.5, 0.6) is 0 Å². The van der Waals surface area contributed by atoms with Crippen LogP contribution in [0.3, 0.4) is 0 Å². The quantitative estimate of drug-likeness (QED) is 0.323. The molecule has 5 nitrogen and oxygen atoms in total. The smallest absolute Gasteiger partial charge is 0.348 e. The molecule has 0 saturated heterocycles. The van der Waals surface area contributed by atoms with Crippen molar-refractivity contribution in [1.29, 1.82) is 0 Å². The molecule has 36 heavy (non-hydrogen) atoms. The minimum atomic E-state index is -0.181. The van der Waals surface area contributed by atoms with Gasteiger partial charge in [0.15, 0.2) is 23.4 Å². The number of para-hydroxylation sites is 2. The highest BCUT2D eigenvalue weighted by Gasteiger charge is 2.37. The average Bonchev–Trinajstić information content (AvgIpc) is 3.15. The Morgan fingerprint density at radius 3 is 2.28 bits per heavy atom. The van der Waals surface area contributed by atoms with Gasteiger partial charge in [-0.15, -0.1) is 0 Å². The van der Waals surface area contributed by atoms with Crippen LogP contribution >= 0.6 is 0 Å². The summed E-state index contributed by atoms with van der Waals surface area (Å²) < 4.78 is 10.1. The molecule has 4 rings (SSSR count). The fraction of sp³-hybridized carbons (Fsp3) is 0.710. The Morgan fingerprint density at radius 1 is 0.944 bits per heavy atom. The number of carbonyl (C=O) groups excluding carboxylic acids is 2. The van der Waals surface area contributed by atoms with Crippen LogP contribution in [-0.4, -0.2) is 22.4 Å². The SMILES string of the molecule is CC(C)[C@H]1CC[C@@H](C)C[C@H]1OC(=O)Cn1c[n+](CC(=O)[C@@H]2C[C@@H](C)CC[C@H]2C(C)C)c2ccccc21. The van der Waals surface area contributed by atoms with Gasteiger partial charge in [0.25, 0.3) is 0 Å². The van der Waals surface area contributed by atoms with E-state index in [2.05, 4.69) is 41.5 Å². The summed E-state index contributed by atoms with van der Waals surface area (Å²) in [6.45, 7) is 14.0. The molecule has 1 aromatic carbocycles. The van der Waals surface area contributed by atoms with Gasteiger partial charge in [0, 0.05) is 5.92 Å². The van der Waals surface area contributed by atoms with Crippen molar-refractivity contribution in [2.75, 3.05) is 0 Å². The van der Waals surface area contributed by atoms with Crippen molar-refractivity contribution in [3.05, 3.63) is 30.6 Å². The molecule has 198 valence electrons. The molecule has 2 fully saturated rings. The van der Waals surface area contributed by atoms with E-state index in [0.717, 1.165) is 36.7 Å². The molecule has 0 N–H and O–H groups in total. The molecule has 2 aliphatic rings. The van der Waals surface area contributed by atoms with E-state index < -0.39 is 0 Å². The molecule has 0 amide bonds. The van der Waals surface area contributed by atoms with Gasteiger partial charge in [-0.05, 0) is 73.3 Å². The normalized spacial score (nSPS) is 29.1. The third-order valence-electron chi connectivity index (χ3n) is 9.08. The number of benzene rings is 1. The van der Waals surface area contributed by atoms with Crippen LogP contribution in [0.25, 0.3) is 11.0 Å². The van der Waals surface area contributed by atoms with Crippen LogP contribution in [0.2, 0.25) is 0 Å². The maximum absolute atomic E-state index is 13.6. The van der Waals surface area contributed by atoms with E-state index in [4.69, 9.17) is 4.74 Å². The van der Waals surface area contributed by atoms with Crippen LogP contribution in [0.4, 0.5) is 0 Å². The van der Waals surface area contributed by atoms with Crippen molar-refractivity contribution in [2.24, 2.45) is 41.4 Å². The summed E-state index contributed by atoms with van der Waals surface area (Å²) in [6.07, 6.45) is 8.59. The van der Waals surface area contributed by atoms with E-state index in [-0.39, 0.29) is 24.5 Å². The Morgan fingerprint density at radius 2 is 1.58 bits per heavy atom. The number of hydrogen-bond donors (Lipinski definition) is 0. The lowest BCUT2D eigenvalue weighted by Gasteiger charge is -2.36. The van der Waals surface area contributed by atoms with Crippen LogP contribution in [-0.2, 0) is 27.4 Å². The second-order valence-electron chi connectivity index (χ2n) is 12.6. The third-order valence-corrected chi connectivity index (χ3v) is 9.08. The highest BCUT2D eigenvalue weighted by Crippen LogP contribution is 2.39. The minimum absolute atomic E-state index is 0.00182. The van der Waals surface area contributed by atoms with Crippen LogP contribution < -0.4 is 4.57 Å². The molecule has 0 unspecified atom stereocenters. The predicted molar refractivity (Wildman–Crippen MR) is 143 cm³/mol. The van der Waals surface area contributed by atoms with Crippen molar-refractivity contribution in [2.45, 2.75) is 99.3 Å². The zero-order chi connectivity index (χ0) is 26.0. The summed E-state index contributed by atoms with van der Waals surface area (Å²) >= 11 is 0. The molecule has 2 saturated carbocycles. The largest absolute Gasteiger partial charge is 0.459 e. The highest BCUT2D eigenvalue weighted by molar-refractivity contribution is 5.81. The number of rotatable bonds is 8. The lowest BCUT2D eigenvalue weighted by molar-refractivity contribution is -0.659. The van der Waals surface area contributed by atoms with Crippen molar-refractivity contribution in [3.63, 3.8) is 0 Å². The van der Waals surface area contributed by atoms with E-state index >= 15 is 0 Å². The number of fused-ring (bicyclic) bond motifs is 1. The molecule has 0 radical (unpaired) electrons. The zero-order valence-electron chi connectivity index (χ0n) is 23.3. The zero-order valence-corrected chi connectivity index (χ0v) is 23.3. The number of ether oxygens (including phenoxy) is 1. The summed E-state index contributed by atoms with van der Waals surface area (Å²) in [5, 5.41) is 0. The highest BCUT2D eigenvalue weighted by atomic mass is 16.5. The Balaban J connectivity index is 1.50. The van der Waals surface area contributed by atoms with Gasteiger partial charge in [0.2, 0.25) is 6.33 Å². The van der Waals surface area contributed by atoms with E-state index in [1.165, 1.54) is 12.8 Å². The van der Waals surface area contributed by atoms with Crippen molar-refractivity contribution in [3.8, 4) is 0 Å². The number of aromatic nitrogens is 2. The maximum Gasteiger partial charge on any atom is 0.348 e. The van der Waals surface area contributed by atoms with Crippen molar-refractivity contribution in [1.82, 2.24) is 4.57 Å². The standard InChI is InChI=1S/C31H47N2O3/c1-20(2)24-13-11-22(5)15-26(24)29(34)17-32-19-33(28-10-8-7-9-27(28)32)18-31(35)36-30-16-23(6)12-14-25(30)21(3)4/h7-10,19-26,30H,11-18H2,1-6H3/q+1/t22-,23+,24-,25+,26+,30+/m0/s1. The molecule has 1 aromatic heterocycles. The Hall–Kier alpha value is -2.17. The topological polar surface area (TPSA) is 52.2 Å². The van der Waals surface area contributed by atoms with Gasteiger partial charge in [-0.3, -0.25) is 4.79 Å². The van der Waals surface area contributed by atoms with E-state index in [0.29, 0.717) is 47.8 Å². The lowest BCUT2D eigenvalue weighted by Crippen LogP contribution is -2.43. The lowest BCUT2D eigenvalue weighted by atomic mass is 9.68. The first-order valence-electron chi connectivity index (χ1n) is 14.3. The monoisotopic (exact) mass is 495 g/mol. The average molecular weight is 496 g/mol. The van der Waals surface area contributed by atoms with Gasteiger partial charge in [-0.1, -0.05) is 66.5 Å². The number of carbonyl (C=O) groups is 2. The molecule has 6 atom stereocenters. The van der Waals surface area contributed by atoms with Gasteiger partial charge >= 0.3 is 5.97 Å². The maximum atomic E-state index is 13.6. The molecule has 0 spiro atoms. The fourth-order valence-corrected chi connectivity index (χ4v) is 6.95. The second kappa shape index (κ2) is 11.5. The van der Waals surface area contributed by atoms with Gasteiger partial charge < -0.3 is 4.74 Å². The van der Waals surface area contributed by atoms with Crippen LogP contribution in [0, 0.1) is 41.4 Å². The third kappa shape index (κ3) is 6.03. The number of imidazole rings is 1. The predicted octanol–water partition coefficient (Wildman–Crippen LogP) is 6.21. The molecule has 0 bridgehead atoms. The Kier molecular flexibility index (Phi) is 8.57. The number of ketones is 1. The Labute approximate surface area is 217 Å². The van der Waals surface area contributed by atoms with Crippen molar-refractivity contribution < 1.29 is 18.9 Å². The van der Waals surface area contributed by atoms with Gasteiger partial charge in [0.1, 0.15) is 12.6 Å². The number of nitrogens with zero attached hydrogens (tertiary/aromatic N) is 2. The molecule has 2 aliphatic carbocycles. The summed E-state index contributed by atoms with van der Waals surface area (Å²) in [7, 11) is 0. The Bertz CT molecular complexity index is 1060. The van der Waals surface area contributed by atoms with E-state index in [1.807, 2.05) is 39.7 Å².